The molecule has 1 fully saturated rings. The number of aromatic nitrogens is 3. The molecule has 12 heteroatoms. The number of hydrogen-bond acceptors (Lipinski definition) is 6. The van der Waals surface area contributed by atoms with Crippen LogP contribution in [0.25, 0.3) is 5.69 Å². The molecule has 1 atom stereocenters. The van der Waals surface area contributed by atoms with Gasteiger partial charge in [-0.3, -0.25) is 9.79 Å². The monoisotopic (exact) mass is 539 g/mol. The van der Waals surface area contributed by atoms with Gasteiger partial charge in [0.25, 0.3) is 5.91 Å². The number of aliphatic imine (C=N–C) groups is 1. The Morgan fingerprint density at radius 2 is 2.06 bits per heavy atom. The van der Waals surface area contributed by atoms with Crippen LogP contribution in [0, 0.1) is 0 Å². The number of amides is 1. The van der Waals surface area contributed by atoms with Crippen molar-refractivity contribution in [2.45, 2.75) is 26.0 Å². The second-order valence-electron chi connectivity index (χ2n) is 7.81. The Hall–Kier alpha value is -2.53. The lowest BCUT2D eigenvalue weighted by Gasteiger charge is -2.37. The number of benzene rings is 1. The molecule has 0 N–H and O–H groups in total. The molecule has 1 amide bonds. The second-order valence-corrected chi connectivity index (χ2v) is 8.85. The van der Waals surface area contributed by atoms with E-state index < -0.39 is 23.3 Å². The zero-order valence-electron chi connectivity index (χ0n) is 18.8. The van der Waals surface area contributed by atoms with Crippen molar-refractivity contribution in [1.82, 2.24) is 19.7 Å². The lowest BCUT2D eigenvalue weighted by atomic mass is 9.98. The van der Waals surface area contributed by atoms with Crippen molar-refractivity contribution in [1.29, 1.82) is 0 Å². The third-order valence-corrected chi connectivity index (χ3v) is 6.60. The Morgan fingerprint density at radius 1 is 1.34 bits per heavy atom. The van der Waals surface area contributed by atoms with E-state index in [0.717, 1.165) is 12.2 Å². The van der Waals surface area contributed by atoms with Gasteiger partial charge in [0.1, 0.15) is 17.7 Å². The summed E-state index contributed by atoms with van der Waals surface area (Å²) in [6.07, 6.45) is 1.91. The molecule has 35 heavy (non-hydrogen) atoms. The number of halogens is 4. The molecule has 0 bridgehead atoms. The van der Waals surface area contributed by atoms with Crippen LogP contribution < -0.4 is 0 Å². The van der Waals surface area contributed by atoms with Crippen LogP contribution in [0.15, 0.2) is 53.1 Å². The average Bonchev–Trinajstić information content (AvgIpc) is 3.23. The maximum atomic E-state index is 14.9. The van der Waals surface area contributed by atoms with Gasteiger partial charge in [-0.05, 0) is 32.1 Å². The van der Waals surface area contributed by atoms with Gasteiger partial charge in [0, 0.05) is 18.7 Å². The Labute approximate surface area is 216 Å². The average molecular weight is 540 g/mol. The molecule has 2 aliphatic heterocycles. The molecule has 0 spiro atoms. The van der Waals surface area contributed by atoms with Crippen molar-refractivity contribution in [3.8, 4) is 5.69 Å². The van der Waals surface area contributed by atoms with E-state index in [1.165, 1.54) is 17.7 Å². The molecule has 3 heterocycles. The highest BCUT2D eigenvalue weighted by molar-refractivity contribution is 7.80. The summed E-state index contributed by atoms with van der Waals surface area (Å²) < 4.78 is 36.6. The highest BCUT2D eigenvalue weighted by atomic mass is 35.5. The van der Waals surface area contributed by atoms with Gasteiger partial charge in [-0.15, -0.1) is 5.10 Å². The number of ether oxygens (including phenoxy) is 1. The van der Waals surface area contributed by atoms with E-state index in [9.17, 15) is 13.6 Å². The van der Waals surface area contributed by atoms with Crippen molar-refractivity contribution in [3.63, 3.8) is 0 Å². The first kappa shape index (κ1) is 25.6. The minimum atomic E-state index is -0.923. The van der Waals surface area contributed by atoms with Crippen molar-refractivity contribution >= 4 is 47.4 Å². The van der Waals surface area contributed by atoms with Crippen LogP contribution in [0.5, 0.6) is 0 Å². The Kier molecular flexibility index (Phi) is 7.46. The highest BCUT2D eigenvalue weighted by Gasteiger charge is 2.36. The fourth-order valence-corrected chi connectivity index (χ4v) is 4.47. The van der Waals surface area contributed by atoms with Gasteiger partial charge in [0.15, 0.2) is 5.82 Å². The summed E-state index contributed by atoms with van der Waals surface area (Å²) in [5.41, 5.74) is -0.00800. The van der Waals surface area contributed by atoms with E-state index in [2.05, 4.69) is 34.3 Å². The van der Waals surface area contributed by atoms with Gasteiger partial charge < -0.3 is 9.64 Å². The number of carbonyl (C=O) groups is 1. The van der Waals surface area contributed by atoms with E-state index in [1.54, 1.807) is 17.9 Å². The number of allylic oxidation sites excluding steroid dienone is 5. The predicted octanol–water partition coefficient (Wildman–Crippen LogP) is 5.45. The highest BCUT2D eigenvalue weighted by Crippen LogP contribution is 2.39. The maximum absolute atomic E-state index is 14.9. The van der Waals surface area contributed by atoms with Crippen molar-refractivity contribution in [2.24, 2.45) is 4.99 Å². The first-order valence-corrected chi connectivity index (χ1v) is 12.0. The SMILES string of the molecule is C=C/C(F)=C(C1=N[C@@H](C)c2nc(C(=O)N3CC(OCS)C3)nn2-c2ccc(Cl)c(Cl)c21)\C(F)=C/C. The summed E-state index contributed by atoms with van der Waals surface area (Å²) in [6, 6.07) is 2.37. The largest absolute Gasteiger partial charge is 0.364 e. The van der Waals surface area contributed by atoms with Gasteiger partial charge in [-0.1, -0.05) is 35.9 Å². The summed E-state index contributed by atoms with van der Waals surface area (Å²) in [6.45, 7) is 7.32. The number of hydrogen-bond donors (Lipinski definition) is 1. The van der Waals surface area contributed by atoms with E-state index in [0.29, 0.717) is 24.6 Å². The molecule has 1 aromatic carbocycles. The fraction of sp³-hybridized carbons (Fsp3) is 0.304. The third kappa shape index (κ3) is 4.55. The fourth-order valence-electron chi connectivity index (χ4n) is 3.85. The zero-order chi connectivity index (χ0) is 25.4. The van der Waals surface area contributed by atoms with Gasteiger partial charge in [0.05, 0.1) is 39.1 Å². The van der Waals surface area contributed by atoms with E-state index in [4.69, 9.17) is 27.9 Å². The van der Waals surface area contributed by atoms with Crippen LogP contribution >= 0.6 is 35.8 Å². The normalized spacial score (nSPS) is 18.7. The Morgan fingerprint density at radius 3 is 2.69 bits per heavy atom. The standard InChI is InChI=1S/C23H21Cl2F2N5O2S/c1-4-14(26)17(15(27)5-2)20-18-16(7-6-13(24)19(18)25)32-22(11(3)28-20)29-21(30-32)23(33)31-8-12(9-31)34-10-35/h4-7,11-12,35H,1,8-10H2,2-3H3/b15-5+,17-14-/t11-/m0/s1. The Bertz CT molecular complexity index is 1300. The molecule has 0 aliphatic carbocycles. The summed E-state index contributed by atoms with van der Waals surface area (Å²) in [5.74, 6) is -1.63. The molecule has 4 rings (SSSR count). The number of rotatable bonds is 6. The van der Waals surface area contributed by atoms with Crippen LogP contribution in [-0.2, 0) is 4.74 Å². The lowest BCUT2D eigenvalue weighted by Crippen LogP contribution is -2.54. The maximum Gasteiger partial charge on any atom is 0.293 e. The molecule has 1 aromatic heterocycles. The summed E-state index contributed by atoms with van der Waals surface area (Å²) >= 11 is 16.8. The van der Waals surface area contributed by atoms with Crippen LogP contribution in [0.1, 0.15) is 41.9 Å². The van der Waals surface area contributed by atoms with E-state index in [-0.39, 0.29) is 45.1 Å². The summed E-state index contributed by atoms with van der Waals surface area (Å²) in [7, 11) is 0. The number of carbonyl (C=O) groups excluding carboxylic acids is 1. The molecule has 0 radical (unpaired) electrons. The van der Waals surface area contributed by atoms with Gasteiger partial charge >= 0.3 is 0 Å². The van der Waals surface area contributed by atoms with Gasteiger partial charge in [0.2, 0.25) is 5.82 Å². The predicted molar refractivity (Wildman–Crippen MR) is 134 cm³/mol. The minimum absolute atomic E-state index is 0.0269. The minimum Gasteiger partial charge on any atom is -0.364 e. The quantitative estimate of drug-likeness (QED) is 0.301. The molecule has 1 saturated heterocycles. The molecule has 0 unspecified atom stereocenters. The zero-order valence-corrected chi connectivity index (χ0v) is 21.2. The third-order valence-electron chi connectivity index (χ3n) is 5.65. The Balaban J connectivity index is 1.87. The van der Waals surface area contributed by atoms with Gasteiger partial charge in [-0.25, -0.2) is 18.4 Å². The van der Waals surface area contributed by atoms with Crippen molar-refractivity contribution < 1.29 is 18.3 Å². The number of fused-ring (bicyclic) bond motifs is 3. The van der Waals surface area contributed by atoms with Crippen molar-refractivity contribution in [3.05, 3.63) is 75.3 Å². The molecule has 2 aromatic rings. The van der Waals surface area contributed by atoms with Crippen molar-refractivity contribution in [2.75, 3.05) is 19.0 Å². The number of thiol groups is 1. The molecular weight excluding hydrogens is 519 g/mol. The van der Waals surface area contributed by atoms with E-state index in [1.807, 2.05) is 0 Å². The molecule has 7 nitrogen and oxygen atoms in total. The first-order chi connectivity index (χ1) is 16.7. The molecule has 0 saturated carbocycles. The molecular formula is C23H21Cl2F2N5O2S. The number of nitrogens with zero attached hydrogens (tertiary/aromatic N) is 5. The summed E-state index contributed by atoms with van der Waals surface area (Å²) in [4.78, 5) is 23.5. The van der Waals surface area contributed by atoms with E-state index >= 15 is 0 Å². The molecule has 184 valence electrons. The van der Waals surface area contributed by atoms with Crippen LogP contribution in [0.2, 0.25) is 10.0 Å². The second kappa shape index (κ2) is 10.2. The van der Waals surface area contributed by atoms with Crippen LogP contribution in [0.4, 0.5) is 8.78 Å². The topological polar surface area (TPSA) is 72.6 Å². The smallest absolute Gasteiger partial charge is 0.293 e. The van der Waals surface area contributed by atoms with Gasteiger partial charge in [-0.2, -0.15) is 12.6 Å². The van der Waals surface area contributed by atoms with Crippen LogP contribution in [0.3, 0.4) is 0 Å². The summed E-state index contributed by atoms with van der Waals surface area (Å²) in [5, 5.41) is 4.60. The number of likely N-dealkylation sites (tertiary alicyclic amines) is 1. The first-order valence-electron chi connectivity index (χ1n) is 10.6. The lowest BCUT2D eigenvalue weighted by molar-refractivity contribution is -0.0250. The van der Waals surface area contributed by atoms with Crippen LogP contribution in [-0.4, -0.2) is 56.4 Å². The molecule has 2 aliphatic rings.